The molecule has 0 aliphatic heterocycles. The maximum absolute atomic E-state index is 13.1. The fourth-order valence-corrected chi connectivity index (χ4v) is 1.45. The van der Waals surface area contributed by atoms with E-state index in [-0.39, 0.29) is 0 Å². The third-order valence-electron chi connectivity index (χ3n) is 2.42. The maximum Gasteiger partial charge on any atom is 0.419 e. The maximum atomic E-state index is 13.1. The molecule has 0 bridgehead atoms. The van der Waals surface area contributed by atoms with Gasteiger partial charge in [0.1, 0.15) is 17.8 Å². The van der Waals surface area contributed by atoms with Crippen molar-refractivity contribution in [1.82, 2.24) is 9.97 Å². The van der Waals surface area contributed by atoms with E-state index in [1.165, 1.54) is 0 Å². The summed E-state index contributed by atoms with van der Waals surface area (Å²) in [7, 11) is 0. The monoisotopic (exact) mass is 318 g/mol. The molecule has 1 heterocycles. The summed E-state index contributed by atoms with van der Waals surface area (Å²) in [4.78, 5) is 16.6. The molecule has 0 amide bonds. The van der Waals surface area contributed by atoms with Crippen LogP contribution in [0.5, 0.6) is 11.8 Å². The molecule has 0 aliphatic rings. The van der Waals surface area contributed by atoms with Crippen molar-refractivity contribution < 1.29 is 27.2 Å². The molecular formula is C11H6F4N4O3. The van der Waals surface area contributed by atoms with Crippen LogP contribution in [0.15, 0.2) is 24.4 Å². The number of alkyl halides is 3. The first-order valence-corrected chi connectivity index (χ1v) is 5.50. The first-order valence-electron chi connectivity index (χ1n) is 5.50. The number of anilines is 1. The number of nitro groups is 1. The number of benzene rings is 1. The Morgan fingerprint density at radius 3 is 2.55 bits per heavy atom. The fraction of sp³-hybridized carbons (Fsp3) is 0.0909. The van der Waals surface area contributed by atoms with Gasteiger partial charge in [-0.15, -0.1) is 0 Å². The van der Waals surface area contributed by atoms with Gasteiger partial charge in [-0.05, 0) is 18.2 Å². The first-order chi connectivity index (χ1) is 10.2. The molecule has 7 nitrogen and oxygen atoms in total. The Hall–Kier alpha value is -2.98. The summed E-state index contributed by atoms with van der Waals surface area (Å²) >= 11 is 0. The molecule has 0 unspecified atom stereocenters. The highest BCUT2D eigenvalue weighted by Crippen LogP contribution is 2.34. The number of nitrogen functional groups attached to an aromatic ring is 1. The van der Waals surface area contributed by atoms with E-state index in [0.29, 0.717) is 12.1 Å². The summed E-state index contributed by atoms with van der Waals surface area (Å²) in [5.41, 5.74) is 3.18. The average molecular weight is 318 g/mol. The molecule has 0 radical (unpaired) electrons. The van der Waals surface area contributed by atoms with E-state index in [2.05, 4.69) is 9.97 Å². The van der Waals surface area contributed by atoms with Crippen molar-refractivity contribution in [2.24, 2.45) is 0 Å². The Kier molecular flexibility index (Phi) is 3.80. The summed E-state index contributed by atoms with van der Waals surface area (Å²) in [6.07, 6.45) is -4.16. The summed E-state index contributed by atoms with van der Waals surface area (Å²) in [5, 5.41) is 10.5. The van der Waals surface area contributed by atoms with Gasteiger partial charge in [-0.2, -0.15) is 23.1 Å². The predicted octanol–water partition coefficient (Wildman–Crippen LogP) is 2.92. The number of ether oxygens (including phenoxy) is 1. The third kappa shape index (κ3) is 3.19. The lowest BCUT2D eigenvalue weighted by Crippen LogP contribution is -2.08. The zero-order valence-electron chi connectivity index (χ0n) is 10.5. The second kappa shape index (κ2) is 5.42. The molecule has 11 heteroatoms. The van der Waals surface area contributed by atoms with Gasteiger partial charge in [0, 0.05) is 0 Å². The highest BCUT2D eigenvalue weighted by Gasteiger charge is 2.34. The number of hydrogen-bond donors (Lipinski definition) is 1. The van der Waals surface area contributed by atoms with Gasteiger partial charge >= 0.3 is 17.9 Å². The number of aromatic nitrogens is 2. The molecule has 1 aromatic carbocycles. The van der Waals surface area contributed by atoms with Crippen molar-refractivity contribution in [3.8, 4) is 11.8 Å². The van der Waals surface area contributed by atoms with E-state index < -0.39 is 45.7 Å². The Balaban J connectivity index is 2.32. The Morgan fingerprint density at radius 1 is 1.32 bits per heavy atom. The second-order valence-electron chi connectivity index (χ2n) is 3.92. The van der Waals surface area contributed by atoms with E-state index >= 15 is 0 Å². The van der Waals surface area contributed by atoms with Crippen molar-refractivity contribution in [1.29, 1.82) is 0 Å². The number of nitrogens with zero attached hydrogens (tertiary/aromatic N) is 3. The van der Waals surface area contributed by atoms with E-state index in [0.717, 1.165) is 12.3 Å². The van der Waals surface area contributed by atoms with Crippen molar-refractivity contribution in [2.75, 3.05) is 5.73 Å². The van der Waals surface area contributed by atoms with Crippen molar-refractivity contribution >= 4 is 11.5 Å². The second-order valence-corrected chi connectivity index (χ2v) is 3.92. The lowest BCUT2D eigenvalue weighted by atomic mass is 10.2. The minimum Gasteiger partial charge on any atom is -0.424 e. The summed E-state index contributed by atoms with van der Waals surface area (Å²) < 4.78 is 55.7. The van der Waals surface area contributed by atoms with Gasteiger partial charge in [0.25, 0.3) is 0 Å². The Bertz CT molecular complexity index is 736. The van der Waals surface area contributed by atoms with Crippen LogP contribution in [0, 0.1) is 15.9 Å². The normalized spacial score (nSPS) is 11.3. The zero-order valence-corrected chi connectivity index (χ0v) is 10.5. The van der Waals surface area contributed by atoms with Gasteiger partial charge in [0.05, 0.1) is 10.5 Å². The zero-order chi connectivity index (χ0) is 16.5. The van der Waals surface area contributed by atoms with Crippen LogP contribution < -0.4 is 10.5 Å². The average Bonchev–Trinajstić information content (AvgIpc) is 2.39. The highest BCUT2D eigenvalue weighted by molar-refractivity contribution is 5.50. The topological polar surface area (TPSA) is 104 Å². The molecule has 0 saturated carbocycles. The molecule has 22 heavy (non-hydrogen) atoms. The van der Waals surface area contributed by atoms with Crippen molar-refractivity contribution in [2.45, 2.75) is 6.18 Å². The van der Waals surface area contributed by atoms with E-state index in [1.54, 1.807) is 0 Å². The summed E-state index contributed by atoms with van der Waals surface area (Å²) in [6, 6.07) is 1.39. The van der Waals surface area contributed by atoms with Crippen LogP contribution in [0.4, 0.5) is 29.1 Å². The van der Waals surface area contributed by atoms with Gasteiger partial charge < -0.3 is 10.5 Å². The molecule has 1 aromatic heterocycles. The van der Waals surface area contributed by atoms with Gasteiger partial charge in [0.2, 0.25) is 5.82 Å². The van der Waals surface area contributed by atoms with Crippen LogP contribution in [0.25, 0.3) is 0 Å². The van der Waals surface area contributed by atoms with E-state index in [9.17, 15) is 27.7 Å². The predicted molar refractivity (Wildman–Crippen MR) is 64.6 cm³/mol. The fourth-order valence-electron chi connectivity index (χ4n) is 1.45. The van der Waals surface area contributed by atoms with Crippen LogP contribution in [-0.2, 0) is 6.18 Å². The van der Waals surface area contributed by atoms with Gasteiger partial charge in [-0.3, -0.25) is 10.1 Å². The smallest absolute Gasteiger partial charge is 0.419 e. The first kappa shape index (κ1) is 15.4. The van der Waals surface area contributed by atoms with Gasteiger partial charge in [-0.1, -0.05) is 0 Å². The molecule has 0 saturated heterocycles. The SMILES string of the molecule is Nc1nc(Oc2ccc(F)c(C(F)(F)F)c2)ncc1[N+](=O)[O-]. The number of halogens is 4. The minimum absolute atomic E-state index is 0.401. The minimum atomic E-state index is -4.90. The molecule has 0 fully saturated rings. The number of rotatable bonds is 3. The third-order valence-corrected chi connectivity index (χ3v) is 2.42. The lowest BCUT2D eigenvalue weighted by molar-refractivity contribution is -0.384. The van der Waals surface area contributed by atoms with Crippen LogP contribution in [0.2, 0.25) is 0 Å². The van der Waals surface area contributed by atoms with Crippen LogP contribution >= 0.6 is 0 Å². The molecule has 2 N–H and O–H groups in total. The molecule has 0 aliphatic carbocycles. The molecule has 2 rings (SSSR count). The van der Waals surface area contributed by atoms with Crippen LogP contribution in [-0.4, -0.2) is 14.9 Å². The molecule has 0 atom stereocenters. The van der Waals surface area contributed by atoms with Crippen molar-refractivity contribution in [3.63, 3.8) is 0 Å². The Morgan fingerprint density at radius 2 is 2.00 bits per heavy atom. The molecule has 116 valence electrons. The standard InChI is InChI=1S/C11H6F4N4O3/c12-7-2-1-5(3-6(7)11(13,14)15)22-10-17-4-8(19(20)21)9(16)18-10/h1-4H,(H2,16,17,18). The highest BCUT2D eigenvalue weighted by atomic mass is 19.4. The van der Waals surface area contributed by atoms with Gasteiger partial charge in [-0.25, -0.2) is 4.39 Å². The lowest BCUT2D eigenvalue weighted by Gasteiger charge is -2.10. The van der Waals surface area contributed by atoms with E-state index in [4.69, 9.17) is 10.5 Å². The number of hydrogen-bond acceptors (Lipinski definition) is 6. The quantitative estimate of drug-likeness (QED) is 0.530. The van der Waals surface area contributed by atoms with E-state index in [1.807, 2.05) is 0 Å². The Labute approximate surface area is 119 Å². The van der Waals surface area contributed by atoms with Crippen LogP contribution in [0.3, 0.4) is 0 Å². The van der Waals surface area contributed by atoms with Crippen LogP contribution in [0.1, 0.15) is 5.56 Å². The summed E-state index contributed by atoms with van der Waals surface area (Å²) in [6.45, 7) is 0. The molecule has 0 spiro atoms. The molecular weight excluding hydrogens is 312 g/mol. The number of nitrogens with two attached hydrogens (primary N) is 1. The van der Waals surface area contributed by atoms with Gasteiger partial charge in [0.15, 0.2) is 0 Å². The summed E-state index contributed by atoms with van der Waals surface area (Å²) in [5.74, 6) is -2.39. The van der Waals surface area contributed by atoms with Crippen molar-refractivity contribution in [3.05, 3.63) is 45.9 Å². The molecule has 2 aromatic rings. The largest absolute Gasteiger partial charge is 0.424 e.